The van der Waals surface area contributed by atoms with Crippen molar-refractivity contribution in [3.05, 3.63) is 60.8 Å². The lowest BCUT2D eigenvalue weighted by molar-refractivity contribution is -0.379. The highest BCUT2D eigenvalue weighted by Gasteiger charge is 2.53. The predicted molar refractivity (Wildman–Crippen MR) is 314 cm³/mol. The molecule has 17 unspecified atom stereocenters. The summed E-state index contributed by atoms with van der Waals surface area (Å²) < 4.78 is 34.2. The van der Waals surface area contributed by atoms with Crippen molar-refractivity contribution >= 4 is 5.91 Å². The first-order chi connectivity index (χ1) is 39.8. The lowest BCUT2D eigenvalue weighted by Gasteiger charge is -2.48. The predicted octanol–water partition coefficient (Wildman–Crippen LogP) is 6.43. The van der Waals surface area contributed by atoms with E-state index in [0.29, 0.717) is 12.8 Å². The van der Waals surface area contributed by atoms with Gasteiger partial charge in [0.15, 0.2) is 18.9 Å². The van der Waals surface area contributed by atoms with Gasteiger partial charge in [-0.15, -0.1) is 0 Å². The van der Waals surface area contributed by atoms with Gasteiger partial charge >= 0.3 is 0 Å². The van der Waals surface area contributed by atoms with E-state index in [9.17, 15) is 61.0 Å². The van der Waals surface area contributed by atoms with Crippen LogP contribution in [0, 0.1) is 0 Å². The molecule has 0 saturated carbocycles. The highest BCUT2D eigenvalue weighted by molar-refractivity contribution is 5.76. The molecular formula is C63H111NO18. The van der Waals surface area contributed by atoms with Gasteiger partial charge in [-0.25, -0.2) is 0 Å². The fourth-order valence-corrected chi connectivity index (χ4v) is 10.3. The first-order valence-corrected chi connectivity index (χ1v) is 31.5. The minimum absolute atomic E-state index is 0.219. The summed E-state index contributed by atoms with van der Waals surface area (Å²) in [6.45, 7) is 1.67. The minimum Gasteiger partial charge on any atom is -0.394 e. The molecule has 19 heteroatoms. The van der Waals surface area contributed by atoms with Gasteiger partial charge in [-0.2, -0.15) is 0 Å². The monoisotopic (exact) mass is 1170 g/mol. The molecule has 82 heavy (non-hydrogen) atoms. The largest absolute Gasteiger partial charge is 0.394 e. The molecule has 3 saturated heterocycles. The van der Waals surface area contributed by atoms with E-state index >= 15 is 0 Å². The summed E-state index contributed by atoms with van der Waals surface area (Å²) in [6, 6.07) is -0.999. The Bertz CT molecular complexity index is 1730. The highest BCUT2D eigenvalue weighted by atomic mass is 16.8. The van der Waals surface area contributed by atoms with Crippen LogP contribution in [-0.2, 0) is 33.2 Å². The van der Waals surface area contributed by atoms with Crippen LogP contribution in [0.25, 0.3) is 0 Å². The summed E-state index contributed by atoms with van der Waals surface area (Å²) in [5, 5.41) is 120. The summed E-state index contributed by atoms with van der Waals surface area (Å²) in [5.74, 6) is -0.300. The molecule has 0 aromatic rings. The van der Waals surface area contributed by atoms with E-state index in [-0.39, 0.29) is 18.9 Å². The van der Waals surface area contributed by atoms with Gasteiger partial charge in [0, 0.05) is 6.42 Å². The number of allylic oxidation sites excluding steroid dienone is 9. The normalized spacial score (nSPS) is 30.0. The van der Waals surface area contributed by atoms with Crippen molar-refractivity contribution in [3.63, 3.8) is 0 Å². The number of aliphatic hydroxyl groups is 11. The van der Waals surface area contributed by atoms with Gasteiger partial charge in [0.2, 0.25) is 5.91 Å². The van der Waals surface area contributed by atoms with Crippen LogP contribution in [0.3, 0.4) is 0 Å². The number of hydrogen-bond acceptors (Lipinski definition) is 18. The lowest BCUT2D eigenvalue weighted by atomic mass is 9.96. The van der Waals surface area contributed by atoms with Crippen molar-refractivity contribution in [1.82, 2.24) is 5.32 Å². The maximum atomic E-state index is 13.3. The molecule has 3 aliphatic heterocycles. The molecule has 0 spiro atoms. The smallest absolute Gasteiger partial charge is 0.220 e. The van der Waals surface area contributed by atoms with E-state index < -0.39 is 124 Å². The number of carbonyl (C=O) groups excluding carboxylic acids is 1. The Labute approximate surface area is 490 Å². The Balaban J connectivity index is 1.50. The van der Waals surface area contributed by atoms with Gasteiger partial charge < -0.3 is 89.9 Å². The molecular weight excluding hydrogens is 1060 g/mol. The summed E-state index contributed by atoms with van der Waals surface area (Å²) in [5.41, 5.74) is 0. The van der Waals surface area contributed by atoms with E-state index in [0.717, 1.165) is 70.6 Å². The van der Waals surface area contributed by atoms with Crippen molar-refractivity contribution in [1.29, 1.82) is 0 Å². The molecule has 3 rings (SSSR count). The molecule has 12 N–H and O–H groups in total. The van der Waals surface area contributed by atoms with Crippen LogP contribution in [0.5, 0.6) is 0 Å². The molecule has 19 nitrogen and oxygen atoms in total. The second kappa shape index (κ2) is 45.8. The lowest BCUT2D eigenvalue weighted by Crippen LogP contribution is -2.66. The number of ether oxygens (including phenoxy) is 6. The van der Waals surface area contributed by atoms with Crippen molar-refractivity contribution < 1.29 is 89.4 Å². The van der Waals surface area contributed by atoms with Crippen LogP contribution >= 0.6 is 0 Å². The van der Waals surface area contributed by atoms with Gasteiger partial charge in [0.25, 0.3) is 0 Å². The number of rotatable bonds is 46. The van der Waals surface area contributed by atoms with E-state index in [1.54, 1.807) is 6.08 Å². The SMILES string of the molecule is CCCCCCC/C=C\C/C=C\C/C=C\CCCCCCCCC(=O)NC(COC1OC(CO)C(OC2OC(CO)C(OC3OC(CO)C(O)C(O)C3O)C(O)C2O)C(O)C1O)C(O)/C=C/CC/C=C/CCCCCCCCCCCC. The molecule has 3 aliphatic rings. The topological polar surface area (TPSA) is 307 Å². The molecule has 17 atom stereocenters. The van der Waals surface area contributed by atoms with Gasteiger partial charge in [-0.05, 0) is 70.6 Å². The average molecular weight is 1170 g/mol. The van der Waals surface area contributed by atoms with Crippen LogP contribution in [0.1, 0.15) is 200 Å². The fourth-order valence-electron chi connectivity index (χ4n) is 10.3. The number of nitrogens with one attached hydrogen (secondary N) is 1. The maximum absolute atomic E-state index is 13.3. The van der Waals surface area contributed by atoms with E-state index in [1.807, 2.05) is 6.08 Å². The van der Waals surface area contributed by atoms with Crippen LogP contribution < -0.4 is 5.32 Å². The fraction of sp³-hybridized carbons (Fsp3) is 0.825. The number of amides is 1. The van der Waals surface area contributed by atoms with Gasteiger partial charge in [-0.3, -0.25) is 4.79 Å². The Morgan fingerprint density at radius 3 is 1.30 bits per heavy atom. The number of aliphatic hydroxyl groups excluding tert-OH is 11. The zero-order chi connectivity index (χ0) is 59.7. The van der Waals surface area contributed by atoms with Gasteiger partial charge in [0.05, 0.1) is 38.6 Å². The van der Waals surface area contributed by atoms with Crippen molar-refractivity contribution in [3.8, 4) is 0 Å². The average Bonchev–Trinajstić information content (AvgIpc) is 3.40. The van der Waals surface area contributed by atoms with Crippen LogP contribution in [0.4, 0.5) is 0 Å². The second-order valence-corrected chi connectivity index (χ2v) is 22.5. The standard InChI is InChI=1S/C63H111NO18/c1-3-5-7-9-11-13-15-17-19-21-22-23-24-25-27-29-31-33-35-37-39-41-51(69)64-46(47(68)40-38-36-34-32-30-28-26-20-18-16-14-12-10-8-6-4-2)45-77-61-57(75)54(72)59(49(43-66)79-61)82-63-58(76)55(73)60(50(44-67)80-63)81-62-56(74)53(71)52(70)48(42-65)78-62/h15,17,21-22,24-25,30,32,38,40,46-50,52-63,65-68,70-76H,3-14,16,18-20,23,26-29,31,33-37,39,41-45H2,1-2H3,(H,64,69)/b17-15-,22-21-,25-24-,32-30+,40-38+. The summed E-state index contributed by atoms with van der Waals surface area (Å²) in [4.78, 5) is 13.3. The van der Waals surface area contributed by atoms with Crippen molar-refractivity contribution in [2.45, 2.75) is 304 Å². The van der Waals surface area contributed by atoms with Gasteiger partial charge in [-0.1, -0.05) is 184 Å². The molecule has 3 heterocycles. The number of hydrogen-bond donors (Lipinski definition) is 12. The molecule has 0 aromatic carbocycles. The summed E-state index contributed by atoms with van der Waals surface area (Å²) in [6.07, 6.45) is 26.2. The van der Waals surface area contributed by atoms with E-state index in [1.165, 1.54) is 96.3 Å². The first kappa shape index (κ1) is 73.7. The third kappa shape index (κ3) is 28.8. The molecule has 0 radical (unpaired) electrons. The Hall–Kier alpha value is -2.51. The van der Waals surface area contributed by atoms with Crippen LogP contribution in [0.2, 0.25) is 0 Å². The third-order valence-corrected chi connectivity index (χ3v) is 15.5. The molecule has 1 amide bonds. The quantitative estimate of drug-likeness (QED) is 0.0231. The van der Waals surface area contributed by atoms with E-state index in [4.69, 9.17) is 28.4 Å². The van der Waals surface area contributed by atoms with Crippen LogP contribution in [0.15, 0.2) is 60.8 Å². The molecule has 476 valence electrons. The Morgan fingerprint density at radius 1 is 0.439 bits per heavy atom. The second-order valence-electron chi connectivity index (χ2n) is 22.5. The van der Waals surface area contributed by atoms with Gasteiger partial charge in [0.1, 0.15) is 73.2 Å². The van der Waals surface area contributed by atoms with E-state index in [2.05, 4.69) is 67.8 Å². The minimum atomic E-state index is -1.98. The van der Waals surface area contributed by atoms with Crippen molar-refractivity contribution in [2.24, 2.45) is 0 Å². The summed E-state index contributed by atoms with van der Waals surface area (Å²) in [7, 11) is 0. The number of carbonyl (C=O) groups is 1. The molecule has 0 bridgehead atoms. The molecule has 0 aliphatic carbocycles. The molecule has 0 aromatic heterocycles. The molecule has 3 fully saturated rings. The number of unbranched alkanes of at least 4 members (excludes halogenated alkanes) is 22. The zero-order valence-corrected chi connectivity index (χ0v) is 49.7. The Morgan fingerprint density at radius 2 is 0.817 bits per heavy atom. The van der Waals surface area contributed by atoms with Crippen LogP contribution in [-0.4, -0.2) is 193 Å². The first-order valence-electron chi connectivity index (χ1n) is 31.5. The summed E-state index contributed by atoms with van der Waals surface area (Å²) >= 11 is 0. The maximum Gasteiger partial charge on any atom is 0.220 e. The van der Waals surface area contributed by atoms with Crippen molar-refractivity contribution in [2.75, 3.05) is 26.4 Å². The Kier molecular flexibility index (Phi) is 41.2. The highest BCUT2D eigenvalue weighted by Crippen LogP contribution is 2.33. The third-order valence-electron chi connectivity index (χ3n) is 15.5. The zero-order valence-electron chi connectivity index (χ0n) is 49.7.